The quantitative estimate of drug-likeness (QED) is 0.561. The molecule has 0 aliphatic carbocycles. The van der Waals surface area contributed by atoms with E-state index < -0.39 is 4.65 Å². The Kier molecular flexibility index (Phi) is 3.52. The first-order valence-corrected chi connectivity index (χ1v) is 7.51. The lowest BCUT2D eigenvalue weighted by molar-refractivity contribution is -0.839. The van der Waals surface area contributed by atoms with E-state index in [1.807, 2.05) is 36.4 Å². The molecule has 1 aliphatic heterocycles. The normalized spacial score (nSPS) is 19.4. The molecule has 3 heterocycles. The van der Waals surface area contributed by atoms with Gasteiger partial charge in [-0.05, 0) is 17.3 Å². The van der Waals surface area contributed by atoms with Crippen molar-refractivity contribution in [3.05, 3.63) is 65.8 Å². The van der Waals surface area contributed by atoms with Crippen molar-refractivity contribution >= 4 is 0 Å². The first-order valence-electron chi connectivity index (χ1n) is 7.51. The molecular weight excluding hydrogens is 306 g/mol. The Hall–Kier alpha value is -3.10. The maximum atomic E-state index is 12.4. The number of hydrogen-bond acceptors (Lipinski definition) is 6. The third-order valence-electron chi connectivity index (χ3n) is 3.89. The molecule has 0 spiro atoms. The summed E-state index contributed by atoms with van der Waals surface area (Å²) in [4.78, 5) is 4.51. The topological polar surface area (TPSA) is 102 Å². The SMILES string of the molecule is [O-][N+]1(Cc2ccc(-c3ccccc3-c3nn[nH]n3)nc2)C=CNC1. The van der Waals surface area contributed by atoms with Gasteiger partial charge < -0.3 is 15.2 Å². The van der Waals surface area contributed by atoms with Crippen LogP contribution >= 0.6 is 0 Å². The Morgan fingerprint density at radius 2 is 2.00 bits per heavy atom. The van der Waals surface area contributed by atoms with Crippen molar-refractivity contribution in [3.63, 3.8) is 0 Å². The standard InChI is InChI=1S/C16H15N7O/c24-23(8-7-17-11-23)10-12-5-6-15(18-9-12)13-3-1-2-4-14(13)16-19-21-22-20-16/h1-9,17H,10-11H2,(H,19,20,21,22). The van der Waals surface area contributed by atoms with Crippen molar-refractivity contribution in [2.75, 3.05) is 6.67 Å². The van der Waals surface area contributed by atoms with Crippen LogP contribution in [-0.4, -0.2) is 36.9 Å². The lowest BCUT2D eigenvalue weighted by atomic mass is 10.0. The molecule has 1 aliphatic rings. The second-order valence-electron chi connectivity index (χ2n) is 5.62. The van der Waals surface area contributed by atoms with Crippen LogP contribution in [-0.2, 0) is 6.54 Å². The number of aromatic amines is 1. The zero-order chi connectivity index (χ0) is 16.4. The van der Waals surface area contributed by atoms with Crippen molar-refractivity contribution in [1.82, 2.24) is 30.9 Å². The van der Waals surface area contributed by atoms with Gasteiger partial charge in [-0.1, -0.05) is 24.3 Å². The summed E-state index contributed by atoms with van der Waals surface area (Å²) in [6.07, 6.45) is 5.04. The highest BCUT2D eigenvalue weighted by molar-refractivity contribution is 5.78. The average Bonchev–Trinajstić information content (AvgIpc) is 3.28. The van der Waals surface area contributed by atoms with E-state index in [1.54, 1.807) is 18.6 Å². The van der Waals surface area contributed by atoms with Crippen molar-refractivity contribution in [2.45, 2.75) is 6.54 Å². The van der Waals surface area contributed by atoms with E-state index in [2.05, 4.69) is 30.9 Å². The molecule has 0 bridgehead atoms. The molecule has 0 fully saturated rings. The Morgan fingerprint density at radius 1 is 1.12 bits per heavy atom. The predicted molar refractivity (Wildman–Crippen MR) is 87.3 cm³/mol. The number of benzene rings is 1. The summed E-state index contributed by atoms with van der Waals surface area (Å²) in [5.74, 6) is 0.522. The lowest BCUT2D eigenvalue weighted by Crippen LogP contribution is -2.36. The fourth-order valence-corrected chi connectivity index (χ4v) is 2.72. The van der Waals surface area contributed by atoms with Gasteiger partial charge in [0.25, 0.3) is 0 Å². The van der Waals surface area contributed by atoms with E-state index in [4.69, 9.17) is 0 Å². The number of pyridine rings is 1. The van der Waals surface area contributed by atoms with Gasteiger partial charge >= 0.3 is 0 Å². The fraction of sp³-hybridized carbons (Fsp3) is 0.125. The number of hydroxylamine groups is 3. The van der Waals surface area contributed by atoms with Crippen LogP contribution in [0.5, 0.6) is 0 Å². The molecule has 24 heavy (non-hydrogen) atoms. The number of aromatic nitrogens is 5. The first kappa shape index (κ1) is 14.5. The van der Waals surface area contributed by atoms with Crippen LogP contribution in [0.25, 0.3) is 22.6 Å². The van der Waals surface area contributed by atoms with E-state index in [1.165, 1.54) is 0 Å². The number of quaternary nitrogens is 1. The zero-order valence-corrected chi connectivity index (χ0v) is 12.8. The monoisotopic (exact) mass is 321 g/mol. The Bertz CT molecular complexity index is 860. The van der Waals surface area contributed by atoms with E-state index in [0.717, 1.165) is 22.4 Å². The molecule has 3 aromatic rings. The summed E-state index contributed by atoms with van der Waals surface area (Å²) < 4.78 is -0.416. The Morgan fingerprint density at radius 3 is 2.67 bits per heavy atom. The third kappa shape index (κ3) is 2.75. The molecule has 2 N–H and O–H groups in total. The van der Waals surface area contributed by atoms with Gasteiger partial charge in [0.05, 0.1) is 11.9 Å². The van der Waals surface area contributed by atoms with Crippen molar-refractivity contribution in [1.29, 1.82) is 0 Å². The summed E-state index contributed by atoms with van der Waals surface area (Å²) in [6.45, 7) is 0.700. The van der Waals surface area contributed by atoms with E-state index >= 15 is 0 Å². The van der Waals surface area contributed by atoms with E-state index in [0.29, 0.717) is 19.0 Å². The maximum Gasteiger partial charge on any atom is 0.205 e. The predicted octanol–water partition coefficient (Wildman–Crippen LogP) is 1.78. The minimum atomic E-state index is -0.416. The highest BCUT2D eigenvalue weighted by atomic mass is 16.5. The van der Waals surface area contributed by atoms with Gasteiger partial charge in [-0.3, -0.25) is 4.98 Å². The number of nitrogens with one attached hydrogen (secondary N) is 2. The summed E-state index contributed by atoms with van der Waals surface area (Å²) in [5, 5.41) is 29.4. The second kappa shape index (κ2) is 5.84. The summed E-state index contributed by atoms with van der Waals surface area (Å²) in [6, 6.07) is 11.6. The van der Waals surface area contributed by atoms with Crippen LogP contribution in [0, 0.1) is 5.21 Å². The van der Waals surface area contributed by atoms with Gasteiger partial charge in [-0.2, -0.15) is 5.21 Å². The molecule has 0 radical (unpaired) electrons. The van der Waals surface area contributed by atoms with Crippen LogP contribution < -0.4 is 5.32 Å². The van der Waals surface area contributed by atoms with Gasteiger partial charge in [0.2, 0.25) is 5.82 Å². The molecule has 8 heteroatoms. The molecule has 1 unspecified atom stereocenters. The lowest BCUT2D eigenvalue weighted by Gasteiger charge is -2.34. The highest BCUT2D eigenvalue weighted by Gasteiger charge is 2.18. The number of tetrazole rings is 1. The third-order valence-corrected chi connectivity index (χ3v) is 3.89. The molecular formula is C16H15N7O. The number of H-pyrrole nitrogens is 1. The Labute approximate surface area is 138 Å². The summed E-state index contributed by atoms with van der Waals surface area (Å²) >= 11 is 0. The number of hydrogen-bond donors (Lipinski definition) is 2. The van der Waals surface area contributed by atoms with Gasteiger partial charge in [0.1, 0.15) is 12.7 Å². The van der Waals surface area contributed by atoms with Crippen LogP contribution in [0.2, 0.25) is 0 Å². The van der Waals surface area contributed by atoms with E-state index in [-0.39, 0.29) is 0 Å². The molecule has 0 amide bonds. The highest BCUT2D eigenvalue weighted by Crippen LogP contribution is 2.28. The minimum absolute atomic E-state index is 0.350. The minimum Gasteiger partial charge on any atom is -0.626 e. The molecule has 8 nitrogen and oxygen atoms in total. The Balaban J connectivity index is 1.63. The van der Waals surface area contributed by atoms with Crippen LogP contribution in [0.3, 0.4) is 0 Å². The van der Waals surface area contributed by atoms with Gasteiger partial charge in [-0.15, -0.1) is 10.2 Å². The molecule has 120 valence electrons. The fourth-order valence-electron chi connectivity index (χ4n) is 2.72. The largest absolute Gasteiger partial charge is 0.626 e. The molecule has 0 saturated carbocycles. The van der Waals surface area contributed by atoms with Crippen molar-refractivity contribution in [3.8, 4) is 22.6 Å². The number of rotatable bonds is 4. The molecule has 1 aromatic carbocycles. The molecule has 4 rings (SSSR count). The van der Waals surface area contributed by atoms with Gasteiger partial charge in [0.15, 0.2) is 6.67 Å². The first-order chi connectivity index (χ1) is 11.7. The molecule has 0 saturated heterocycles. The average molecular weight is 321 g/mol. The molecule has 1 atom stereocenters. The molecule has 2 aromatic heterocycles. The van der Waals surface area contributed by atoms with Crippen molar-refractivity contribution in [2.24, 2.45) is 0 Å². The zero-order valence-electron chi connectivity index (χ0n) is 12.8. The van der Waals surface area contributed by atoms with Gasteiger partial charge in [-0.25, -0.2) is 0 Å². The smallest absolute Gasteiger partial charge is 0.205 e. The van der Waals surface area contributed by atoms with Crippen LogP contribution in [0.4, 0.5) is 0 Å². The van der Waals surface area contributed by atoms with E-state index in [9.17, 15) is 5.21 Å². The van der Waals surface area contributed by atoms with Crippen LogP contribution in [0.15, 0.2) is 55.0 Å². The van der Waals surface area contributed by atoms with Gasteiger partial charge in [0, 0.05) is 22.9 Å². The van der Waals surface area contributed by atoms with Crippen LogP contribution in [0.1, 0.15) is 5.56 Å². The summed E-state index contributed by atoms with van der Waals surface area (Å²) in [5.41, 5.74) is 3.45. The maximum absolute atomic E-state index is 12.4. The second-order valence-corrected chi connectivity index (χ2v) is 5.62. The number of nitrogens with zero attached hydrogens (tertiary/aromatic N) is 5. The van der Waals surface area contributed by atoms with Crippen molar-refractivity contribution < 1.29 is 4.65 Å². The summed E-state index contributed by atoms with van der Waals surface area (Å²) in [7, 11) is 0.